The van der Waals surface area contributed by atoms with Gasteiger partial charge in [-0.15, -0.1) is 0 Å². The molecule has 84 valence electrons. The summed E-state index contributed by atoms with van der Waals surface area (Å²) in [6.07, 6.45) is 0.670. The van der Waals surface area contributed by atoms with Crippen LogP contribution in [0.1, 0.15) is 15.9 Å². The number of benzene rings is 1. The van der Waals surface area contributed by atoms with Gasteiger partial charge in [-0.05, 0) is 0 Å². The van der Waals surface area contributed by atoms with Crippen molar-refractivity contribution in [3.63, 3.8) is 0 Å². The first-order valence-corrected chi connectivity index (χ1v) is 4.62. The summed E-state index contributed by atoms with van der Waals surface area (Å²) in [5.74, 6) is -0.406. The van der Waals surface area contributed by atoms with Crippen LogP contribution in [0.15, 0.2) is 29.4 Å². The van der Waals surface area contributed by atoms with Crippen molar-refractivity contribution in [1.29, 1.82) is 0 Å². The molecule has 0 heterocycles. The average Bonchev–Trinajstić information content (AvgIpc) is 2.35. The highest BCUT2D eigenvalue weighted by atomic mass is 16.6. The van der Waals surface area contributed by atoms with Gasteiger partial charge < -0.3 is 10.2 Å². The maximum absolute atomic E-state index is 11.5. The lowest BCUT2D eigenvalue weighted by Crippen LogP contribution is -2.29. The number of carbonyl (C=O) groups excluding carboxylic acids is 2. The number of hydrogen-bond acceptors (Lipinski definition) is 4. The van der Waals surface area contributed by atoms with Gasteiger partial charge in [0.1, 0.15) is 7.11 Å². The Morgan fingerprint density at radius 1 is 1.44 bits per heavy atom. The molecule has 1 N–H and O–H groups in total. The van der Waals surface area contributed by atoms with Gasteiger partial charge >= 0.3 is 0 Å². The molecule has 0 bridgehead atoms. The van der Waals surface area contributed by atoms with Crippen LogP contribution in [-0.2, 0) is 9.63 Å². The van der Waals surface area contributed by atoms with E-state index in [1.807, 2.05) is 0 Å². The second-order valence-electron chi connectivity index (χ2n) is 2.91. The SMILES string of the molecule is CNC(=O)/C(=N\OC)c1ccccc1C=O. The van der Waals surface area contributed by atoms with E-state index in [1.54, 1.807) is 24.3 Å². The molecule has 1 aromatic rings. The van der Waals surface area contributed by atoms with Crippen LogP contribution in [0.5, 0.6) is 0 Å². The summed E-state index contributed by atoms with van der Waals surface area (Å²) in [6.45, 7) is 0. The summed E-state index contributed by atoms with van der Waals surface area (Å²) < 4.78 is 0. The van der Waals surface area contributed by atoms with Crippen molar-refractivity contribution < 1.29 is 14.4 Å². The number of oxime groups is 1. The maximum Gasteiger partial charge on any atom is 0.273 e. The summed E-state index contributed by atoms with van der Waals surface area (Å²) in [5.41, 5.74) is 0.910. The Hall–Kier alpha value is -2.17. The van der Waals surface area contributed by atoms with Crippen molar-refractivity contribution in [2.75, 3.05) is 14.2 Å². The van der Waals surface area contributed by atoms with E-state index in [0.717, 1.165) is 0 Å². The molecule has 0 aromatic heterocycles. The summed E-state index contributed by atoms with van der Waals surface area (Å²) in [6, 6.07) is 6.67. The molecule has 0 aliphatic heterocycles. The number of carbonyl (C=O) groups is 2. The lowest BCUT2D eigenvalue weighted by Gasteiger charge is -2.06. The summed E-state index contributed by atoms with van der Waals surface area (Å²) in [5, 5.41) is 6.05. The molecule has 0 spiro atoms. The molecule has 1 aromatic carbocycles. The molecule has 0 saturated carbocycles. The van der Waals surface area contributed by atoms with E-state index in [2.05, 4.69) is 15.3 Å². The predicted octanol–water partition coefficient (Wildman–Crippen LogP) is 0.596. The smallest absolute Gasteiger partial charge is 0.273 e. The third-order valence-corrected chi connectivity index (χ3v) is 1.97. The zero-order chi connectivity index (χ0) is 12.0. The molecular formula is C11H12N2O3. The molecule has 0 unspecified atom stereocenters. The van der Waals surface area contributed by atoms with Gasteiger partial charge in [-0.2, -0.15) is 0 Å². The molecule has 0 radical (unpaired) electrons. The highest BCUT2D eigenvalue weighted by molar-refractivity contribution is 6.46. The summed E-state index contributed by atoms with van der Waals surface area (Å²) >= 11 is 0. The first-order valence-electron chi connectivity index (χ1n) is 4.62. The highest BCUT2D eigenvalue weighted by Gasteiger charge is 2.16. The van der Waals surface area contributed by atoms with Gasteiger partial charge in [0, 0.05) is 18.2 Å². The van der Waals surface area contributed by atoms with Gasteiger partial charge in [0.15, 0.2) is 12.0 Å². The van der Waals surface area contributed by atoms with E-state index >= 15 is 0 Å². The molecule has 5 heteroatoms. The van der Waals surface area contributed by atoms with Crippen molar-refractivity contribution in [1.82, 2.24) is 5.32 Å². The summed E-state index contributed by atoms with van der Waals surface area (Å²) in [4.78, 5) is 26.9. The van der Waals surface area contributed by atoms with Crippen LogP contribution < -0.4 is 5.32 Å². The molecule has 0 fully saturated rings. The Morgan fingerprint density at radius 2 is 2.12 bits per heavy atom. The van der Waals surface area contributed by atoms with E-state index in [-0.39, 0.29) is 5.71 Å². The number of likely N-dealkylation sites (N-methyl/N-ethyl adjacent to an activating group) is 1. The van der Waals surface area contributed by atoms with Gasteiger partial charge in [0.2, 0.25) is 0 Å². The molecule has 1 amide bonds. The quantitative estimate of drug-likeness (QED) is 0.459. The van der Waals surface area contributed by atoms with Crippen LogP contribution in [0.3, 0.4) is 0 Å². The fraction of sp³-hybridized carbons (Fsp3) is 0.182. The van der Waals surface area contributed by atoms with E-state index in [0.29, 0.717) is 17.4 Å². The number of nitrogens with one attached hydrogen (secondary N) is 1. The van der Waals surface area contributed by atoms with Gasteiger partial charge in [0.05, 0.1) is 0 Å². The number of amides is 1. The van der Waals surface area contributed by atoms with E-state index in [9.17, 15) is 9.59 Å². The molecular weight excluding hydrogens is 208 g/mol. The standard InChI is InChI=1S/C11H12N2O3/c1-12-11(15)10(13-16-2)9-6-4-3-5-8(9)7-14/h3-7H,1-2H3,(H,12,15)/b13-10-. The van der Waals surface area contributed by atoms with Crippen LogP contribution in [0.25, 0.3) is 0 Å². The van der Waals surface area contributed by atoms with E-state index in [4.69, 9.17) is 0 Å². The predicted molar refractivity (Wildman–Crippen MR) is 59.4 cm³/mol. The number of rotatable bonds is 4. The number of nitrogens with zero attached hydrogens (tertiary/aromatic N) is 1. The monoisotopic (exact) mass is 220 g/mol. The zero-order valence-electron chi connectivity index (χ0n) is 9.06. The van der Waals surface area contributed by atoms with Crippen molar-refractivity contribution in [3.8, 4) is 0 Å². The van der Waals surface area contributed by atoms with Crippen LogP contribution in [0, 0.1) is 0 Å². The molecule has 0 atom stereocenters. The Bertz CT molecular complexity index is 427. The van der Waals surface area contributed by atoms with Gasteiger partial charge in [-0.1, -0.05) is 29.4 Å². The molecule has 1 rings (SSSR count). The Kier molecular flexibility index (Phi) is 4.20. The second-order valence-corrected chi connectivity index (χ2v) is 2.91. The lowest BCUT2D eigenvalue weighted by molar-refractivity contribution is -0.114. The van der Waals surface area contributed by atoms with E-state index in [1.165, 1.54) is 14.2 Å². The van der Waals surface area contributed by atoms with Gasteiger partial charge in [0.25, 0.3) is 5.91 Å². The third kappa shape index (κ3) is 2.44. The first kappa shape index (κ1) is 11.9. The summed E-state index contributed by atoms with van der Waals surface area (Å²) in [7, 11) is 2.82. The maximum atomic E-state index is 11.5. The minimum Gasteiger partial charge on any atom is -0.398 e. The Balaban J connectivity index is 3.26. The third-order valence-electron chi connectivity index (χ3n) is 1.97. The van der Waals surface area contributed by atoms with Gasteiger partial charge in [-0.3, -0.25) is 9.59 Å². The topological polar surface area (TPSA) is 67.8 Å². The van der Waals surface area contributed by atoms with E-state index < -0.39 is 5.91 Å². The Morgan fingerprint density at radius 3 is 2.69 bits per heavy atom. The zero-order valence-corrected chi connectivity index (χ0v) is 9.06. The van der Waals surface area contributed by atoms with Crippen molar-refractivity contribution >= 4 is 17.9 Å². The Labute approximate surface area is 93.1 Å². The number of aldehydes is 1. The minimum atomic E-state index is -0.406. The van der Waals surface area contributed by atoms with Crippen LogP contribution in [-0.4, -0.2) is 32.1 Å². The largest absolute Gasteiger partial charge is 0.398 e. The fourth-order valence-electron chi connectivity index (χ4n) is 1.24. The molecule has 16 heavy (non-hydrogen) atoms. The minimum absolute atomic E-state index is 0.0766. The molecule has 0 aliphatic rings. The fourth-order valence-corrected chi connectivity index (χ4v) is 1.24. The normalized spacial score (nSPS) is 10.8. The van der Waals surface area contributed by atoms with Crippen LogP contribution in [0.2, 0.25) is 0 Å². The second kappa shape index (κ2) is 5.65. The lowest BCUT2D eigenvalue weighted by atomic mass is 10.0. The number of hydrogen-bond donors (Lipinski definition) is 1. The van der Waals surface area contributed by atoms with Gasteiger partial charge in [-0.25, -0.2) is 0 Å². The molecule has 5 nitrogen and oxygen atoms in total. The van der Waals surface area contributed by atoms with Crippen LogP contribution >= 0.6 is 0 Å². The van der Waals surface area contributed by atoms with Crippen molar-refractivity contribution in [2.45, 2.75) is 0 Å². The molecule has 0 saturated heterocycles. The average molecular weight is 220 g/mol. The van der Waals surface area contributed by atoms with Crippen molar-refractivity contribution in [2.24, 2.45) is 5.16 Å². The first-order chi connectivity index (χ1) is 7.74. The molecule has 0 aliphatic carbocycles. The van der Waals surface area contributed by atoms with Crippen LogP contribution in [0.4, 0.5) is 0 Å². The highest BCUT2D eigenvalue weighted by Crippen LogP contribution is 2.08. The van der Waals surface area contributed by atoms with Crippen molar-refractivity contribution in [3.05, 3.63) is 35.4 Å².